The molecule has 238 valence electrons. The van der Waals surface area contributed by atoms with Crippen LogP contribution in [0.1, 0.15) is 48.4 Å². The fraction of sp³-hybridized carbons (Fsp3) is 0.300. The molecule has 1 fully saturated rings. The van der Waals surface area contributed by atoms with Crippen molar-refractivity contribution in [3.63, 3.8) is 0 Å². The second kappa shape index (κ2) is 12.0. The van der Waals surface area contributed by atoms with Crippen molar-refractivity contribution in [3.8, 4) is 28.6 Å². The van der Waals surface area contributed by atoms with Gasteiger partial charge in [0, 0.05) is 5.56 Å². The first-order valence-electron chi connectivity index (χ1n) is 13.5. The minimum Gasteiger partial charge on any atom is -0.449 e. The summed E-state index contributed by atoms with van der Waals surface area (Å²) in [5, 5.41) is 12.4. The molecule has 0 spiro atoms. The Morgan fingerprint density at radius 2 is 1.49 bits per heavy atom. The van der Waals surface area contributed by atoms with E-state index in [9.17, 15) is 31.1 Å². The number of ether oxygens (including phenoxy) is 2. The average molecular weight is 642 g/mol. The number of carboxylic acid groups (broad SMARTS) is 1. The second-order valence-electron chi connectivity index (χ2n) is 10.3. The van der Waals surface area contributed by atoms with Gasteiger partial charge in [0.25, 0.3) is 0 Å². The van der Waals surface area contributed by atoms with Crippen LogP contribution in [0.2, 0.25) is 0 Å². The number of pyridine rings is 1. The number of carbonyl (C=O) groups is 1. The van der Waals surface area contributed by atoms with Crippen molar-refractivity contribution in [1.82, 2.24) is 14.8 Å². The third-order valence-electron chi connectivity index (χ3n) is 7.46. The quantitative estimate of drug-likeness (QED) is 0.160. The molecule has 2 heterocycles. The summed E-state index contributed by atoms with van der Waals surface area (Å²) in [6, 6.07) is 14.4. The lowest BCUT2D eigenvalue weighted by atomic mass is 9.78. The summed E-state index contributed by atoms with van der Waals surface area (Å²) in [4.78, 5) is 15.0. The number of hydrogen-bond donors (Lipinski definition) is 1. The van der Waals surface area contributed by atoms with Crippen LogP contribution in [-0.4, -0.2) is 32.2 Å². The molecule has 5 rings (SSSR count). The molecule has 0 bridgehead atoms. The van der Waals surface area contributed by atoms with Crippen LogP contribution < -0.4 is 9.47 Å². The highest BCUT2D eigenvalue weighted by Crippen LogP contribution is 2.44. The van der Waals surface area contributed by atoms with Crippen LogP contribution in [0, 0.1) is 5.92 Å². The smallest absolute Gasteiger partial charge is 0.449 e. The molecule has 4 aromatic rings. The maximum atomic E-state index is 15.4. The van der Waals surface area contributed by atoms with Gasteiger partial charge in [-0.15, -0.1) is 0 Å². The third-order valence-corrected chi connectivity index (χ3v) is 7.46. The summed E-state index contributed by atoms with van der Waals surface area (Å²) in [6.45, 7) is 0. The molecule has 2 aromatic carbocycles. The molecular formula is C30H23F8N3O4. The molecule has 1 aliphatic carbocycles. The van der Waals surface area contributed by atoms with Gasteiger partial charge < -0.3 is 14.6 Å². The van der Waals surface area contributed by atoms with E-state index in [0.29, 0.717) is 16.4 Å². The van der Waals surface area contributed by atoms with Crippen molar-refractivity contribution in [2.45, 2.75) is 50.1 Å². The lowest BCUT2D eigenvalue weighted by Gasteiger charge is -2.30. The topological polar surface area (TPSA) is 86.5 Å². The van der Waals surface area contributed by atoms with Gasteiger partial charge in [0.2, 0.25) is 0 Å². The summed E-state index contributed by atoms with van der Waals surface area (Å²) >= 11 is 0. The van der Waals surface area contributed by atoms with Gasteiger partial charge >= 0.3 is 24.6 Å². The van der Waals surface area contributed by atoms with Gasteiger partial charge in [-0.05, 0) is 73.6 Å². The maximum absolute atomic E-state index is 15.4. The van der Waals surface area contributed by atoms with E-state index in [2.05, 4.69) is 14.8 Å². The average Bonchev–Trinajstić information content (AvgIpc) is 3.41. The minimum absolute atomic E-state index is 0.000191. The molecule has 2 aromatic heterocycles. The van der Waals surface area contributed by atoms with Crippen molar-refractivity contribution in [3.05, 3.63) is 89.7 Å². The van der Waals surface area contributed by atoms with Crippen LogP contribution in [0.25, 0.3) is 17.1 Å². The van der Waals surface area contributed by atoms with Gasteiger partial charge in [-0.25, -0.2) is 14.5 Å². The van der Waals surface area contributed by atoms with E-state index in [1.54, 1.807) is 0 Å². The number of benzene rings is 2. The van der Waals surface area contributed by atoms with Crippen molar-refractivity contribution in [2.24, 2.45) is 5.92 Å². The molecule has 45 heavy (non-hydrogen) atoms. The SMILES string of the molecule is O=C(O)Oc1cnn(-c2cccc(-c3ccccc3OC(F)(F)c3ccc(C4CCC(C(F)(F)F)CC4)cc3)n2)c1C(F)(F)F. The summed E-state index contributed by atoms with van der Waals surface area (Å²) in [5.41, 5.74) is -1.50. The van der Waals surface area contributed by atoms with E-state index in [0.717, 1.165) is 18.2 Å². The number of para-hydroxylation sites is 1. The highest BCUT2D eigenvalue weighted by atomic mass is 19.4. The highest BCUT2D eigenvalue weighted by molar-refractivity contribution is 5.68. The molecule has 0 atom stereocenters. The molecule has 0 amide bonds. The van der Waals surface area contributed by atoms with Crippen LogP contribution in [0.4, 0.5) is 39.9 Å². The zero-order valence-corrected chi connectivity index (χ0v) is 22.9. The monoisotopic (exact) mass is 641 g/mol. The molecular weight excluding hydrogens is 618 g/mol. The lowest BCUT2D eigenvalue weighted by molar-refractivity contribution is -0.185. The Kier molecular flexibility index (Phi) is 8.47. The van der Waals surface area contributed by atoms with Crippen molar-refractivity contribution in [1.29, 1.82) is 0 Å². The molecule has 15 heteroatoms. The first kappa shape index (κ1) is 31.7. The van der Waals surface area contributed by atoms with Gasteiger partial charge in [0.15, 0.2) is 17.3 Å². The Hall–Kier alpha value is -4.69. The Morgan fingerprint density at radius 1 is 0.822 bits per heavy atom. The molecule has 1 N–H and O–H groups in total. The molecule has 0 aliphatic heterocycles. The summed E-state index contributed by atoms with van der Waals surface area (Å²) in [7, 11) is 0. The molecule has 1 aliphatic rings. The number of hydrogen-bond acceptors (Lipinski definition) is 5. The molecule has 0 saturated heterocycles. The molecule has 0 radical (unpaired) electrons. The molecule has 1 saturated carbocycles. The van der Waals surface area contributed by atoms with Gasteiger partial charge in [-0.2, -0.15) is 40.2 Å². The van der Waals surface area contributed by atoms with E-state index < -0.39 is 53.4 Å². The Balaban J connectivity index is 1.38. The largest absolute Gasteiger partial charge is 0.511 e. The summed E-state index contributed by atoms with van der Waals surface area (Å²) in [5.74, 6) is -3.40. The highest BCUT2D eigenvalue weighted by Gasteiger charge is 2.43. The van der Waals surface area contributed by atoms with Gasteiger partial charge in [0.05, 0.1) is 23.4 Å². The number of halogens is 8. The standard InChI is InChI=1S/C30H23F8N3O4/c31-28(32,33)19-12-8-17(9-13-19)18-10-14-20(15-11-18)30(37,38)45-23-6-2-1-4-21(23)22-5-3-7-25(40-22)41-26(29(34,35)36)24(16-39-41)44-27(42)43/h1-7,10-11,14-17,19H,8-9,12-13H2,(H,42,43). The van der Waals surface area contributed by atoms with Crippen LogP contribution >= 0.6 is 0 Å². The number of aromatic nitrogens is 3. The number of alkyl halides is 8. The van der Waals surface area contributed by atoms with Crippen LogP contribution in [-0.2, 0) is 12.3 Å². The Labute approximate surface area is 250 Å². The Morgan fingerprint density at radius 3 is 2.11 bits per heavy atom. The summed E-state index contributed by atoms with van der Waals surface area (Å²) < 4.78 is 121. The van der Waals surface area contributed by atoms with Crippen LogP contribution in [0.15, 0.2) is 72.9 Å². The van der Waals surface area contributed by atoms with Crippen LogP contribution in [0.3, 0.4) is 0 Å². The zero-order chi connectivity index (χ0) is 32.6. The number of nitrogens with zero attached hydrogens (tertiary/aromatic N) is 3. The fourth-order valence-corrected chi connectivity index (χ4v) is 5.29. The first-order valence-corrected chi connectivity index (χ1v) is 13.5. The van der Waals surface area contributed by atoms with Gasteiger partial charge in [-0.1, -0.05) is 30.3 Å². The molecule has 0 unspecified atom stereocenters. The normalized spacial score (nSPS) is 17.6. The third kappa shape index (κ3) is 7.02. The predicted molar refractivity (Wildman–Crippen MR) is 142 cm³/mol. The first-order chi connectivity index (χ1) is 21.1. The number of rotatable bonds is 7. The van der Waals surface area contributed by atoms with E-state index in [4.69, 9.17) is 9.84 Å². The van der Waals surface area contributed by atoms with E-state index in [1.807, 2.05) is 0 Å². The van der Waals surface area contributed by atoms with Gasteiger partial charge in [0.1, 0.15) is 5.75 Å². The van der Waals surface area contributed by atoms with E-state index >= 15 is 8.78 Å². The zero-order valence-electron chi connectivity index (χ0n) is 22.9. The second-order valence-corrected chi connectivity index (χ2v) is 10.3. The van der Waals surface area contributed by atoms with E-state index in [1.165, 1.54) is 48.5 Å². The van der Waals surface area contributed by atoms with Crippen molar-refractivity contribution in [2.75, 3.05) is 0 Å². The fourth-order valence-electron chi connectivity index (χ4n) is 5.29. The summed E-state index contributed by atoms with van der Waals surface area (Å²) in [6.07, 6.45) is -14.2. The predicted octanol–water partition coefficient (Wildman–Crippen LogP) is 8.97. The van der Waals surface area contributed by atoms with Crippen molar-refractivity contribution < 1.29 is 54.5 Å². The molecule has 7 nitrogen and oxygen atoms in total. The lowest BCUT2D eigenvalue weighted by Crippen LogP contribution is -2.27. The van der Waals surface area contributed by atoms with Crippen LogP contribution in [0.5, 0.6) is 11.5 Å². The maximum Gasteiger partial charge on any atom is 0.511 e. The van der Waals surface area contributed by atoms with Crippen molar-refractivity contribution >= 4 is 6.16 Å². The Bertz CT molecular complexity index is 1660. The van der Waals surface area contributed by atoms with Gasteiger partial charge in [-0.3, -0.25) is 0 Å². The van der Waals surface area contributed by atoms with E-state index in [-0.39, 0.29) is 48.6 Å². The minimum atomic E-state index is -5.10.